The summed E-state index contributed by atoms with van der Waals surface area (Å²) in [6.45, 7) is 1.82. The first kappa shape index (κ1) is 17.4. The molecule has 0 aliphatic heterocycles. The van der Waals surface area contributed by atoms with Crippen molar-refractivity contribution in [2.75, 3.05) is 10.6 Å². The Labute approximate surface area is 148 Å². The van der Waals surface area contributed by atoms with Crippen LogP contribution < -0.4 is 10.6 Å². The van der Waals surface area contributed by atoms with Crippen LogP contribution in [0.25, 0.3) is 0 Å². The zero-order valence-corrected chi connectivity index (χ0v) is 14.0. The van der Waals surface area contributed by atoms with Gasteiger partial charge in [-0.25, -0.2) is 8.78 Å². The summed E-state index contributed by atoms with van der Waals surface area (Å²) in [7, 11) is 0. The van der Waals surface area contributed by atoms with Crippen LogP contribution in [0.5, 0.6) is 0 Å². The van der Waals surface area contributed by atoms with E-state index in [2.05, 4.69) is 10.6 Å². The van der Waals surface area contributed by atoms with E-state index in [1.165, 1.54) is 6.07 Å². The van der Waals surface area contributed by atoms with Crippen LogP contribution in [0.4, 0.5) is 20.2 Å². The highest BCUT2D eigenvalue weighted by molar-refractivity contribution is 6.30. The standard InChI is InChI=1S/C18H15ClF2N2O2/c1-9-6-10(19)2-5-16(9)23-18(25)13-8-12(13)17(24)22-11-3-4-14(20)15(21)7-11/h2-7,12-13H,8H2,1H3,(H,22,24)(H,23,25). The van der Waals surface area contributed by atoms with E-state index < -0.39 is 23.5 Å². The lowest BCUT2D eigenvalue weighted by Gasteiger charge is -2.09. The number of rotatable bonds is 4. The predicted molar refractivity (Wildman–Crippen MR) is 91.4 cm³/mol. The van der Waals surface area contributed by atoms with Crippen molar-refractivity contribution in [1.29, 1.82) is 0 Å². The second-order valence-electron chi connectivity index (χ2n) is 6.02. The smallest absolute Gasteiger partial charge is 0.228 e. The molecular weight excluding hydrogens is 350 g/mol. The third kappa shape index (κ3) is 3.96. The first-order chi connectivity index (χ1) is 11.8. The molecule has 1 fully saturated rings. The summed E-state index contributed by atoms with van der Waals surface area (Å²) in [5.41, 5.74) is 1.62. The molecule has 2 atom stereocenters. The summed E-state index contributed by atoms with van der Waals surface area (Å²) < 4.78 is 26.1. The molecule has 7 heteroatoms. The summed E-state index contributed by atoms with van der Waals surface area (Å²) in [6, 6.07) is 8.22. The highest BCUT2D eigenvalue weighted by atomic mass is 35.5. The molecule has 1 aliphatic rings. The molecule has 130 valence electrons. The summed E-state index contributed by atoms with van der Waals surface area (Å²) in [6.07, 6.45) is 0.411. The Kier molecular flexibility index (Phi) is 4.72. The van der Waals surface area contributed by atoms with Crippen molar-refractivity contribution in [3.05, 3.63) is 58.6 Å². The molecule has 0 bridgehead atoms. The lowest BCUT2D eigenvalue weighted by Crippen LogP contribution is -2.21. The van der Waals surface area contributed by atoms with Crippen LogP contribution in [0.3, 0.4) is 0 Å². The number of amides is 2. The van der Waals surface area contributed by atoms with Gasteiger partial charge in [0, 0.05) is 22.5 Å². The van der Waals surface area contributed by atoms with E-state index in [0.717, 1.165) is 17.7 Å². The Morgan fingerprint density at radius 2 is 1.68 bits per heavy atom. The van der Waals surface area contributed by atoms with Crippen LogP contribution in [0, 0.1) is 30.4 Å². The zero-order valence-electron chi connectivity index (χ0n) is 13.3. The summed E-state index contributed by atoms with van der Waals surface area (Å²) in [4.78, 5) is 24.4. The molecule has 0 spiro atoms. The molecule has 0 saturated heterocycles. The molecular formula is C18H15ClF2N2O2. The first-order valence-electron chi connectivity index (χ1n) is 7.68. The largest absolute Gasteiger partial charge is 0.326 e. The average Bonchev–Trinajstić information content (AvgIpc) is 3.34. The van der Waals surface area contributed by atoms with Gasteiger partial charge < -0.3 is 10.6 Å². The molecule has 1 saturated carbocycles. The molecule has 2 N–H and O–H groups in total. The fourth-order valence-corrected chi connectivity index (χ4v) is 2.80. The van der Waals surface area contributed by atoms with Crippen molar-refractivity contribution < 1.29 is 18.4 Å². The van der Waals surface area contributed by atoms with Crippen LogP contribution in [-0.2, 0) is 9.59 Å². The number of hydrogen-bond acceptors (Lipinski definition) is 2. The number of aryl methyl sites for hydroxylation is 1. The molecule has 0 heterocycles. The maximum Gasteiger partial charge on any atom is 0.228 e. The van der Waals surface area contributed by atoms with Crippen molar-refractivity contribution in [3.63, 3.8) is 0 Å². The van der Waals surface area contributed by atoms with Gasteiger partial charge in [0.2, 0.25) is 11.8 Å². The molecule has 1 aliphatic carbocycles. The topological polar surface area (TPSA) is 58.2 Å². The third-order valence-corrected chi connectivity index (χ3v) is 4.33. The quantitative estimate of drug-likeness (QED) is 0.856. The number of carbonyl (C=O) groups is 2. The normalized spacial score (nSPS) is 18.6. The Bertz CT molecular complexity index is 857. The van der Waals surface area contributed by atoms with Crippen molar-refractivity contribution in [2.45, 2.75) is 13.3 Å². The van der Waals surface area contributed by atoms with Crippen LogP contribution in [0.15, 0.2) is 36.4 Å². The Morgan fingerprint density at radius 3 is 2.32 bits per heavy atom. The van der Waals surface area contributed by atoms with Gasteiger partial charge in [0.1, 0.15) is 0 Å². The fourth-order valence-electron chi connectivity index (χ4n) is 2.58. The molecule has 2 amide bonds. The van der Waals surface area contributed by atoms with Crippen LogP contribution >= 0.6 is 11.6 Å². The van der Waals surface area contributed by atoms with Gasteiger partial charge in [0.25, 0.3) is 0 Å². The minimum atomic E-state index is -1.04. The van der Waals surface area contributed by atoms with Gasteiger partial charge in [-0.1, -0.05) is 11.6 Å². The summed E-state index contributed by atoms with van der Waals surface area (Å²) in [5, 5.41) is 5.85. The number of anilines is 2. The lowest BCUT2D eigenvalue weighted by atomic mass is 10.2. The van der Waals surface area contributed by atoms with Crippen molar-refractivity contribution >= 4 is 34.8 Å². The monoisotopic (exact) mass is 364 g/mol. The molecule has 4 nitrogen and oxygen atoms in total. The van der Waals surface area contributed by atoms with E-state index in [-0.39, 0.29) is 17.5 Å². The van der Waals surface area contributed by atoms with E-state index in [1.807, 2.05) is 6.92 Å². The van der Waals surface area contributed by atoms with Gasteiger partial charge in [-0.3, -0.25) is 9.59 Å². The van der Waals surface area contributed by atoms with Crippen LogP contribution in [-0.4, -0.2) is 11.8 Å². The second kappa shape index (κ2) is 6.80. The Balaban J connectivity index is 1.58. The van der Waals surface area contributed by atoms with Crippen molar-refractivity contribution in [1.82, 2.24) is 0 Å². The Hall–Kier alpha value is -2.47. The first-order valence-corrected chi connectivity index (χ1v) is 8.06. The molecule has 0 aromatic heterocycles. The second-order valence-corrected chi connectivity index (χ2v) is 6.45. The number of nitrogens with one attached hydrogen (secondary N) is 2. The van der Waals surface area contributed by atoms with Crippen molar-refractivity contribution in [3.8, 4) is 0 Å². The molecule has 2 aromatic rings. The number of halogens is 3. The van der Waals surface area contributed by atoms with E-state index in [9.17, 15) is 18.4 Å². The van der Waals surface area contributed by atoms with Crippen molar-refractivity contribution in [2.24, 2.45) is 11.8 Å². The minimum absolute atomic E-state index is 0.156. The summed E-state index contributed by atoms with van der Waals surface area (Å²) in [5.74, 6) is -3.60. The maximum atomic E-state index is 13.2. The van der Waals surface area contributed by atoms with E-state index in [4.69, 9.17) is 11.6 Å². The predicted octanol–water partition coefficient (Wildman–Crippen LogP) is 4.14. The number of benzene rings is 2. The van der Waals surface area contributed by atoms with Gasteiger partial charge in [0.05, 0.1) is 11.8 Å². The Morgan fingerprint density at radius 1 is 1.00 bits per heavy atom. The molecule has 2 unspecified atom stereocenters. The van der Waals surface area contributed by atoms with Crippen LogP contribution in [0.1, 0.15) is 12.0 Å². The summed E-state index contributed by atoms with van der Waals surface area (Å²) >= 11 is 5.88. The van der Waals surface area contributed by atoms with E-state index in [0.29, 0.717) is 17.1 Å². The maximum absolute atomic E-state index is 13.2. The minimum Gasteiger partial charge on any atom is -0.326 e. The average molecular weight is 365 g/mol. The third-order valence-electron chi connectivity index (χ3n) is 4.10. The van der Waals surface area contributed by atoms with Gasteiger partial charge >= 0.3 is 0 Å². The highest BCUT2D eigenvalue weighted by Crippen LogP contribution is 2.40. The van der Waals surface area contributed by atoms with E-state index >= 15 is 0 Å². The van der Waals surface area contributed by atoms with Gasteiger partial charge in [-0.2, -0.15) is 0 Å². The van der Waals surface area contributed by atoms with Gasteiger partial charge in [-0.15, -0.1) is 0 Å². The molecule has 3 rings (SSSR count). The van der Waals surface area contributed by atoms with Gasteiger partial charge in [-0.05, 0) is 49.2 Å². The zero-order chi connectivity index (χ0) is 18.1. The fraction of sp³-hybridized carbons (Fsp3) is 0.222. The lowest BCUT2D eigenvalue weighted by molar-refractivity contribution is -0.122. The van der Waals surface area contributed by atoms with Gasteiger partial charge in [0.15, 0.2) is 11.6 Å². The van der Waals surface area contributed by atoms with Crippen LogP contribution in [0.2, 0.25) is 5.02 Å². The highest BCUT2D eigenvalue weighted by Gasteiger charge is 2.48. The SMILES string of the molecule is Cc1cc(Cl)ccc1NC(=O)C1CC1C(=O)Nc1ccc(F)c(F)c1. The number of hydrogen-bond donors (Lipinski definition) is 2. The van der Waals surface area contributed by atoms with E-state index in [1.54, 1.807) is 18.2 Å². The molecule has 25 heavy (non-hydrogen) atoms. The molecule has 2 aromatic carbocycles. The molecule has 0 radical (unpaired) electrons. The number of carbonyl (C=O) groups excluding carboxylic acids is 2.